The average Bonchev–Trinajstić information content (AvgIpc) is 2.41. The molecule has 0 aliphatic carbocycles. The van der Waals surface area contributed by atoms with Crippen molar-refractivity contribution < 1.29 is 24.2 Å². The van der Waals surface area contributed by atoms with Gasteiger partial charge < -0.3 is 14.6 Å². The van der Waals surface area contributed by atoms with Crippen molar-refractivity contribution in [3.05, 3.63) is 0 Å². The van der Waals surface area contributed by atoms with Crippen LogP contribution in [-0.4, -0.2) is 47.4 Å². The van der Waals surface area contributed by atoms with E-state index in [1.807, 2.05) is 6.92 Å². The van der Waals surface area contributed by atoms with Gasteiger partial charge in [-0.3, -0.25) is 9.59 Å². The molecular weight excluding hydrogens is 292 g/mol. The summed E-state index contributed by atoms with van der Waals surface area (Å²) < 4.78 is 9.96. The highest BCUT2D eigenvalue weighted by Gasteiger charge is 2.27. The Morgan fingerprint density at radius 1 is 1.19 bits per heavy atom. The summed E-state index contributed by atoms with van der Waals surface area (Å²) in [5.41, 5.74) is -0.565. The zero-order valence-electron chi connectivity index (χ0n) is 13.7. The molecule has 0 amide bonds. The van der Waals surface area contributed by atoms with Crippen LogP contribution in [0.25, 0.3) is 0 Å². The number of thioether (sulfide) groups is 1. The molecule has 0 aliphatic heterocycles. The van der Waals surface area contributed by atoms with Gasteiger partial charge in [-0.25, -0.2) is 0 Å². The van der Waals surface area contributed by atoms with E-state index in [1.54, 1.807) is 25.6 Å². The summed E-state index contributed by atoms with van der Waals surface area (Å²) in [6.45, 7) is 9.29. The summed E-state index contributed by atoms with van der Waals surface area (Å²) in [5, 5.41) is 10.1. The second-order valence-corrected chi connectivity index (χ2v) is 7.53. The Kier molecular flexibility index (Phi) is 9.70. The fourth-order valence-electron chi connectivity index (χ4n) is 1.20. The van der Waals surface area contributed by atoms with Gasteiger partial charge in [-0.05, 0) is 25.5 Å². The van der Waals surface area contributed by atoms with Crippen LogP contribution in [0.15, 0.2) is 0 Å². The minimum atomic E-state index is -0.983. The number of carbonyl (C=O) groups is 2. The first-order chi connectivity index (χ1) is 9.69. The van der Waals surface area contributed by atoms with E-state index in [1.165, 1.54) is 0 Å². The van der Waals surface area contributed by atoms with Crippen LogP contribution in [-0.2, 0) is 19.1 Å². The maximum atomic E-state index is 11.7. The number of rotatable bonds is 10. The zero-order chi connectivity index (χ0) is 16.5. The first kappa shape index (κ1) is 20.2. The molecule has 6 heteroatoms. The minimum Gasteiger partial charge on any atom is -0.463 e. The van der Waals surface area contributed by atoms with Gasteiger partial charge in [-0.2, -0.15) is 11.8 Å². The van der Waals surface area contributed by atoms with Gasteiger partial charge in [0.05, 0.1) is 11.8 Å². The van der Waals surface area contributed by atoms with Crippen molar-refractivity contribution in [1.29, 1.82) is 0 Å². The summed E-state index contributed by atoms with van der Waals surface area (Å²) in [6, 6.07) is 0. The average molecular weight is 320 g/mol. The van der Waals surface area contributed by atoms with Gasteiger partial charge in [0, 0.05) is 5.75 Å². The molecule has 0 bridgehead atoms. The molecule has 1 N–H and O–H groups in total. The molecular formula is C15H28O5S. The molecule has 1 atom stereocenters. The van der Waals surface area contributed by atoms with Crippen molar-refractivity contribution in [2.75, 3.05) is 19.0 Å². The van der Waals surface area contributed by atoms with Crippen LogP contribution in [0.4, 0.5) is 0 Å². The minimum absolute atomic E-state index is 0.148. The molecule has 0 aliphatic rings. The molecule has 0 aromatic heterocycles. The second-order valence-electron chi connectivity index (χ2n) is 5.84. The van der Waals surface area contributed by atoms with Gasteiger partial charge in [0.25, 0.3) is 0 Å². The van der Waals surface area contributed by atoms with E-state index in [-0.39, 0.29) is 25.2 Å². The van der Waals surface area contributed by atoms with Crippen LogP contribution in [0.5, 0.6) is 0 Å². The second kappa shape index (κ2) is 10.1. The quantitative estimate of drug-likeness (QED) is 0.623. The fourth-order valence-corrected chi connectivity index (χ4v) is 1.95. The molecule has 21 heavy (non-hydrogen) atoms. The molecule has 0 heterocycles. The lowest BCUT2D eigenvalue weighted by atomic mass is 9.91. The van der Waals surface area contributed by atoms with Crippen molar-refractivity contribution in [1.82, 2.24) is 0 Å². The predicted octanol–water partition coefficient (Wildman–Crippen LogP) is 2.40. The Morgan fingerprint density at radius 2 is 1.76 bits per heavy atom. The van der Waals surface area contributed by atoms with Crippen LogP contribution in [0, 0.1) is 5.41 Å². The van der Waals surface area contributed by atoms with Crippen LogP contribution >= 0.6 is 11.8 Å². The Bertz CT molecular complexity index is 328. The summed E-state index contributed by atoms with van der Waals surface area (Å²) in [7, 11) is 0. The highest BCUT2D eigenvalue weighted by atomic mass is 32.2. The third-order valence-corrected chi connectivity index (χ3v) is 4.14. The van der Waals surface area contributed by atoms with Gasteiger partial charge in [0.2, 0.25) is 0 Å². The third kappa shape index (κ3) is 9.74. The van der Waals surface area contributed by atoms with Crippen LogP contribution in [0.3, 0.4) is 0 Å². The lowest BCUT2D eigenvalue weighted by Crippen LogP contribution is -2.31. The van der Waals surface area contributed by atoms with E-state index in [9.17, 15) is 14.7 Å². The Hall–Kier alpha value is -0.750. The first-order valence-corrected chi connectivity index (χ1v) is 8.36. The lowest BCUT2D eigenvalue weighted by molar-refractivity contribution is -0.159. The Balaban J connectivity index is 3.83. The van der Waals surface area contributed by atoms with E-state index in [0.29, 0.717) is 23.8 Å². The largest absolute Gasteiger partial charge is 0.463 e. The van der Waals surface area contributed by atoms with Gasteiger partial charge in [0.15, 0.2) is 0 Å². The highest BCUT2D eigenvalue weighted by Crippen LogP contribution is 2.21. The van der Waals surface area contributed by atoms with Crippen molar-refractivity contribution in [2.24, 2.45) is 5.41 Å². The van der Waals surface area contributed by atoms with E-state index in [0.717, 1.165) is 0 Å². The van der Waals surface area contributed by atoms with Crippen molar-refractivity contribution in [2.45, 2.75) is 58.8 Å². The lowest BCUT2D eigenvalue weighted by Gasteiger charge is -2.21. The predicted molar refractivity (Wildman–Crippen MR) is 84.2 cm³/mol. The molecule has 0 saturated carbocycles. The van der Waals surface area contributed by atoms with Crippen molar-refractivity contribution in [3.8, 4) is 0 Å². The molecule has 0 aromatic carbocycles. The Labute approximate surface area is 131 Å². The smallest absolute Gasteiger partial charge is 0.311 e. The number of carbonyl (C=O) groups excluding carboxylic acids is 2. The molecule has 0 spiro atoms. The van der Waals surface area contributed by atoms with E-state index in [4.69, 9.17) is 9.47 Å². The van der Waals surface area contributed by atoms with Gasteiger partial charge in [-0.1, -0.05) is 20.8 Å². The fraction of sp³-hybridized carbons (Fsp3) is 0.867. The standard InChI is InChI=1S/C15H28O5S/c1-6-15(4,5)14(18)20-10-12(16)9-19-13(17)7-8-21-11(2)3/h11-12,16H,6-10H2,1-5H3. The number of aliphatic hydroxyl groups excluding tert-OH is 1. The molecule has 5 nitrogen and oxygen atoms in total. The van der Waals surface area contributed by atoms with E-state index >= 15 is 0 Å². The molecule has 1 unspecified atom stereocenters. The maximum Gasteiger partial charge on any atom is 0.311 e. The number of hydrogen-bond donors (Lipinski definition) is 1. The zero-order valence-corrected chi connectivity index (χ0v) is 14.5. The molecule has 0 fully saturated rings. The number of ether oxygens (including phenoxy) is 2. The van der Waals surface area contributed by atoms with Gasteiger partial charge in [-0.15, -0.1) is 0 Å². The normalized spacial score (nSPS) is 13.1. The third-order valence-electron chi connectivity index (χ3n) is 3.04. The Morgan fingerprint density at radius 3 is 2.29 bits per heavy atom. The van der Waals surface area contributed by atoms with Crippen LogP contribution in [0.2, 0.25) is 0 Å². The summed E-state index contributed by atoms with van der Waals surface area (Å²) in [4.78, 5) is 23.1. The van der Waals surface area contributed by atoms with Gasteiger partial charge in [0.1, 0.15) is 19.3 Å². The maximum absolute atomic E-state index is 11.7. The van der Waals surface area contributed by atoms with Crippen molar-refractivity contribution in [3.63, 3.8) is 0 Å². The molecule has 0 aromatic rings. The highest BCUT2D eigenvalue weighted by molar-refractivity contribution is 7.99. The van der Waals surface area contributed by atoms with E-state index < -0.39 is 11.5 Å². The monoisotopic (exact) mass is 320 g/mol. The van der Waals surface area contributed by atoms with Crippen LogP contribution in [0.1, 0.15) is 47.5 Å². The molecule has 0 rings (SSSR count). The summed E-state index contributed by atoms with van der Waals surface area (Å²) in [6.07, 6.45) is -0.00819. The summed E-state index contributed by atoms with van der Waals surface area (Å²) in [5.74, 6) is -0.00200. The number of hydrogen-bond acceptors (Lipinski definition) is 6. The molecule has 0 radical (unpaired) electrons. The first-order valence-electron chi connectivity index (χ1n) is 7.31. The SMILES string of the molecule is CCC(C)(C)C(=O)OCC(O)COC(=O)CCSC(C)C. The van der Waals surface area contributed by atoms with Crippen molar-refractivity contribution >= 4 is 23.7 Å². The number of esters is 2. The molecule has 124 valence electrons. The van der Waals surface area contributed by atoms with Gasteiger partial charge >= 0.3 is 11.9 Å². The number of aliphatic hydroxyl groups is 1. The van der Waals surface area contributed by atoms with Crippen LogP contribution < -0.4 is 0 Å². The van der Waals surface area contributed by atoms with E-state index in [2.05, 4.69) is 13.8 Å². The topological polar surface area (TPSA) is 72.8 Å². The molecule has 0 saturated heterocycles. The summed E-state index contributed by atoms with van der Waals surface area (Å²) >= 11 is 1.68.